The van der Waals surface area contributed by atoms with Crippen molar-refractivity contribution in [1.29, 1.82) is 0 Å². The second-order valence-electron chi connectivity index (χ2n) is 3.94. The number of halogens is 2. The van der Waals surface area contributed by atoms with Crippen LogP contribution in [-0.2, 0) is 6.42 Å². The number of methoxy groups -OCH3 is 2. The van der Waals surface area contributed by atoms with E-state index in [2.05, 4.69) is 36.8 Å². The van der Waals surface area contributed by atoms with Crippen LogP contribution in [0.3, 0.4) is 0 Å². The molecule has 0 amide bonds. The Kier molecular flexibility index (Phi) is 4.82. The minimum atomic E-state index is 0.711. The lowest BCUT2D eigenvalue weighted by molar-refractivity contribution is 0.354. The molecule has 0 radical (unpaired) electrons. The summed E-state index contributed by atoms with van der Waals surface area (Å²) in [6, 6.07) is 5.82. The quantitative estimate of drug-likeness (QED) is 0.788. The second kappa shape index (κ2) is 6.39. The molecule has 0 aliphatic heterocycles. The summed E-state index contributed by atoms with van der Waals surface area (Å²) in [7, 11) is 3.26. The van der Waals surface area contributed by atoms with Crippen molar-refractivity contribution < 1.29 is 9.47 Å². The van der Waals surface area contributed by atoms with Crippen LogP contribution < -0.4 is 9.47 Å². The Labute approximate surface area is 129 Å². The summed E-state index contributed by atoms with van der Waals surface area (Å²) >= 11 is 7.09. The van der Waals surface area contributed by atoms with Gasteiger partial charge in [0.1, 0.15) is 0 Å². The minimum absolute atomic E-state index is 0.711. The van der Waals surface area contributed by atoms with Gasteiger partial charge in [-0.1, -0.05) is 31.9 Å². The van der Waals surface area contributed by atoms with Gasteiger partial charge in [-0.2, -0.15) is 0 Å². The molecule has 0 aliphatic carbocycles. The van der Waals surface area contributed by atoms with Crippen molar-refractivity contribution in [3.05, 3.63) is 50.7 Å². The standard InChI is InChI=1S/C14H13Br2NO2/c1-18-13-6-9(12(16)7-14(13)19-2)5-10-8-17-4-3-11(10)15/h3-4,6-8H,5H2,1-2H3. The summed E-state index contributed by atoms with van der Waals surface area (Å²) in [6.07, 6.45) is 4.37. The third-order valence-electron chi connectivity index (χ3n) is 2.78. The van der Waals surface area contributed by atoms with Gasteiger partial charge >= 0.3 is 0 Å². The van der Waals surface area contributed by atoms with Crippen LogP contribution in [0.5, 0.6) is 11.5 Å². The van der Waals surface area contributed by atoms with Gasteiger partial charge in [-0.3, -0.25) is 4.98 Å². The highest BCUT2D eigenvalue weighted by Crippen LogP contribution is 2.34. The first-order valence-electron chi connectivity index (χ1n) is 5.64. The highest BCUT2D eigenvalue weighted by molar-refractivity contribution is 9.10. The molecule has 0 saturated carbocycles. The van der Waals surface area contributed by atoms with Gasteiger partial charge < -0.3 is 9.47 Å². The van der Waals surface area contributed by atoms with Gasteiger partial charge in [-0.05, 0) is 29.3 Å². The maximum Gasteiger partial charge on any atom is 0.161 e. The molecule has 0 spiro atoms. The highest BCUT2D eigenvalue weighted by Gasteiger charge is 2.11. The molecule has 1 aromatic carbocycles. The Hall–Kier alpha value is -1.07. The maximum atomic E-state index is 5.33. The molecular formula is C14H13Br2NO2. The zero-order valence-corrected chi connectivity index (χ0v) is 13.8. The van der Waals surface area contributed by atoms with Crippen LogP contribution in [0, 0.1) is 0 Å². The smallest absolute Gasteiger partial charge is 0.161 e. The highest BCUT2D eigenvalue weighted by atomic mass is 79.9. The zero-order valence-electron chi connectivity index (χ0n) is 10.6. The molecule has 0 saturated heterocycles. The van der Waals surface area contributed by atoms with E-state index in [4.69, 9.17) is 9.47 Å². The molecule has 0 bridgehead atoms. The monoisotopic (exact) mass is 385 g/mol. The molecule has 2 rings (SSSR count). The van der Waals surface area contributed by atoms with E-state index in [9.17, 15) is 0 Å². The van der Waals surface area contributed by atoms with Gasteiger partial charge in [-0.15, -0.1) is 0 Å². The van der Waals surface area contributed by atoms with Crippen molar-refractivity contribution in [2.45, 2.75) is 6.42 Å². The number of pyridine rings is 1. The fourth-order valence-electron chi connectivity index (χ4n) is 1.78. The zero-order chi connectivity index (χ0) is 13.8. The van der Waals surface area contributed by atoms with Crippen molar-refractivity contribution in [3.63, 3.8) is 0 Å². The normalized spacial score (nSPS) is 10.3. The third kappa shape index (κ3) is 3.28. The van der Waals surface area contributed by atoms with Gasteiger partial charge in [0.05, 0.1) is 14.2 Å². The number of benzene rings is 1. The Morgan fingerprint density at radius 1 is 1.00 bits per heavy atom. The lowest BCUT2D eigenvalue weighted by atomic mass is 10.1. The first-order valence-corrected chi connectivity index (χ1v) is 7.23. The lowest BCUT2D eigenvalue weighted by Crippen LogP contribution is -1.96. The largest absolute Gasteiger partial charge is 0.493 e. The third-order valence-corrected chi connectivity index (χ3v) is 4.29. The summed E-state index contributed by atoms with van der Waals surface area (Å²) in [5.74, 6) is 1.43. The minimum Gasteiger partial charge on any atom is -0.493 e. The van der Waals surface area contributed by atoms with Crippen LogP contribution in [0.25, 0.3) is 0 Å². The van der Waals surface area contributed by atoms with E-state index in [-0.39, 0.29) is 0 Å². The first-order chi connectivity index (χ1) is 9.15. The number of rotatable bonds is 4. The predicted molar refractivity (Wildman–Crippen MR) is 82.0 cm³/mol. The SMILES string of the molecule is COc1cc(Br)c(Cc2cnccc2Br)cc1OC. The summed E-state index contributed by atoms with van der Waals surface area (Å²) in [5.41, 5.74) is 2.24. The molecule has 0 atom stereocenters. The van der Waals surface area contributed by atoms with Crippen LogP contribution in [-0.4, -0.2) is 19.2 Å². The summed E-state index contributed by atoms with van der Waals surface area (Å²) in [4.78, 5) is 4.15. The molecule has 100 valence electrons. The number of nitrogens with zero attached hydrogens (tertiary/aromatic N) is 1. The number of aromatic nitrogens is 1. The molecule has 0 aliphatic rings. The molecule has 0 N–H and O–H groups in total. The number of hydrogen-bond acceptors (Lipinski definition) is 3. The topological polar surface area (TPSA) is 31.4 Å². The molecule has 5 heteroatoms. The van der Waals surface area contributed by atoms with Crippen LogP contribution in [0.15, 0.2) is 39.5 Å². The first kappa shape index (κ1) is 14.3. The van der Waals surface area contributed by atoms with E-state index >= 15 is 0 Å². The van der Waals surface area contributed by atoms with Crippen molar-refractivity contribution in [2.24, 2.45) is 0 Å². The molecule has 19 heavy (non-hydrogen) atoms. The van der Waals surface area contributed by atoms with E-state index in [1.807, 2.05) is 24.4 Å². The van der Waals surface area contributed by atoms with Crippen molar-refractivity contribution >= 4 is 31.9 Å². The van der Waals surface area contributed by atoms with Gasteiger partial charge in [0.2, 0.25) is 0 Å². The van der Waals surface area contributed by atoms with Crippen LogP contribution >= 0.6 is 31.9 Å². The predicted octanol–water partition coefficient (Wildman–Crippen LogP) is 4.21. The summed E-state index contributed by atoms with van der Waals surface area (Å²) in [5, 5.41) is 0. The second-order valence-corrected chi connectivity index (χ2v) is 5.65. The van der Waals surface area contributed by atoms with Crippen molar-refractivity contribution in [3.8, 4) is 11.5 Å². The fraction of sp³-hybridized carbons (Fsp3) is 0.214. The maximum absolute atomic E-state index is 5.33. The Morgan fingerprint density at radius 2 is 1.68 bits per heavy atom. The Morgan fingerprint density at radius 3 is 2.32 bits per heavy atom. The van der Waals surface area contributed by atoms with Crippen molar-refractivity contribution in [1.82, 2.24) is 4.98 Å². The van der Waals surface area contributed by atoms with Crippen LogP contribution in [0.4, 0.5) is 0 Å². The molecule has 2 aromatic rings. The van der Waals surface area contributed by atoms with E-state index in [0.717, 1.165) is 32.2 Å². The Balaban J connectivity index is 2.38. The van der Waals surface area contributed by atoms with Crippen molar-refractivity contribution in [2.75, 3.05) is 14.2 Å². The van der Waals surface area contributed by atoms with Gasteiger partial charge in [0.15, 0.2) is 11.5 Å². The van der Waals surface area contributed by atoms with E-state index < -0.39 is 0 Å². The van der Waals surface area contributed by atoms with E-state index in [1.165, 1.54) is 0 Å². The number of ether oxygens (including phenoxy) is 2. The number of hydrogen-bond donors (Lipinski definition) is 0. The molecule has 1 heterocycles. The Bertz CT molecular complexity index is 588. The molecular weight excluding hydrogens is 374 g/mol. The van der Waals surface area contributed by atoms with Gasteiger partial charge in [-0.25, -0.2) is 0 Å². The lowest BCUT2D eigenvalue weighted by Gasteiger charge is -2.12. The average Bonchev–Trinajstić information content (AvgIpc) is 2.42. The van der Waals surface area contributed by atoms with E-state index in [0.29, 0.717) is 5.75 Å². The summed E-state index contributed by atoms with van der Waals surface area (Å²) < 4.78 is 12.6. The molecule has 0 unspecified atom stereocenters. The fourth-order valence-corrected chi connectivity index (χ4v) is 2.60. The molecule has 0 fully saturated rings. The summed E-state index contributed by atoms with van der Waals surface area (Å²) in [6.45, 7) is 0. The molecule has 1 aromatic heterocycles. The molecule has 3 nitrogen and oxygen atoms in total. The van der Waals surface area contributed by atoms with Crippen LogP contribution in [0.2, 0.25) is 0 Å². The van der Waals surface area contributed by atoms with Gasteiger partial charge in [0, 0.05) is 27.8 Å². The van der Waals surface area contributed by atoms with E-state index in [1.54, 1.807) is 20.4 Å². The van der Waals surface area contributed by atoms with Gasteiger partial charge in [0.25, 0.3) is 0 Å². The average molecular weight is 387 g/mol. The van der Waals surface area contributed by atoms with Crippen LogP contribution in [0.1, 0.15) is 11.1 Å².